The first-order valence-corrected chi connectivity index (χ1v) is 9.04. The Morgan fingerprint density at radius 3 is 2.80 bits per heavy atom. The van der Waals surface area contributed by atoms with Gasteiger partial charge in [0.2, 0.25) is 0 Å². The molecule has 134 valence electrons. The van der Waals surface area contributed by atoms with Gasteiger partial charge in [0, 0.05) is 38.2 Å². The lowest BCUT2D eigenvalue weighted by Gasteiger charge is -2.37. The Hall–Kier alpha value is -2.14. The van der Waals surface area contributed by atoms with E-state index in [2.05, 4.69) is 34.3 Å². The van der Waals surface area contributed by atoms with E-state index in [4.69, 9.17) is 4.52 Å². The maximum atomic E-state index is 12.7. The Morgan fingerprint density at radius 2 is 2.12 bits per heavy atom. The number of hydrogen-bond acceptors (Lipinski definition) is 4. The third-order valence-electron chi connectivity index (χ3n) is 4.91. The molecule has 0 aliphatic carbocycles. The lowest BCUT2D eigenvalue weighted by atomic mass is 10.0. The highest BCUT2D eigenvalue weighted by atomic mass is 16.5. The zero-order valence-corrected chi connectivity index (χ0v) is 15.3. The minimum atomic E-state index is -0.0535. The van der Waals surface area contributed by atoms with Crippen molar-refractivity contribution < 1.29 is 9.32 Å². The minimum absolute atomic E-state index is 0.0535. The fraction of sp³-hybridized carbons (Fsp3) is 0.500. The van der Waals surface area contributed by atoms with Gasteiger partial charge in [-0.3, -0.25) is 9.69 Å². The van der Waals surface area contributed by atoms with Crippen LogP contribution in [0.4, 0.5) is 0 Å². The predicted octanol–water partition coefficient (Wildman–Crippen LogP) is 3.53. The predicted molar refractivity (Wildman–Crippen MR) is 97.4 cm³/mol. The second-order valence-electron chi connectivity index (χ2n) is 7.20. The lowest BCUT2D eigenvalue weighted by molar-refractivity contribution is 0.0599. The zero-order chi connectivity index (χ0) is 17.8. The molecule has 1 amide bonds. The first-order valence-electron chi connectivity index (χ1n) is 9.04. The van der Waals surface area contributed by atoms with Crippen LogP contribution in [-0.2, 0) is 6.54 Å². The topological polar surface area (TPSA) is 49.6 Å². The number of aromatic nitrogens is 1. The molecule has 1 aliphatic heterocycles. The van der Waals surface area contributed by atoms with E-state index in [9.17, 15) is 4.79 Å². The first kappa shape index (κ1) is 17.7. The molecule has 0 radical (unpaired) electrons. The van der Waals surface area contributed by atoms with Crippen LogP contribution >= 0.6 is 0 Å². The maximum absolute atomic E-state index is 12.7. The van der Waals surface area contributed by atoms with Crippen molar-refractivity contribution in [1.29, 1.82) is 0 Å². The average Bonchev–Trinajstić information content (AvgIpc) is 3.12. The van der Waals surface area contributed by atoms with Gasteiger partial charge in [0.15, 0.2) is 5.69 Å². The van der Waals surface area contributed by atoms with Crippen LogP contribution in [0.2, 0.25) is 0 Å². The second-order valence-corrected chi connectivity index (χ2v) is 7.20. The van der Waals surface area contributed by atoms with E-state index in [0.29, 0.717) is 5.69 Å². The number of nitrogens with zero attached hydrogens (tertiary/aromatic N) is 3. The van der Waals surface area contributed by atoms with Crippen molar-refractivity contribution in [2.75, 3.05) is 20.1 Å². The van der Waals surface area contributed by atoms with Gasteiger partial charge in [-0.1, -0.05) is 49.3 Å². The molecule has 1 aromatic heterocycles. The molecule has 1 fully saturated rings. The van der Waals surface area contributed by atoms with E-state index in [1.165, 1.54) is 5.56 Å². The monoisotopic (exact) mass is 341 g/mol. The van der Waals surface area contributed by atoms with E-state index in [1.807, 2.05) is 31.9 Å². The van der Waals surface area contributed by atoms with E-state index < -0.39 is 0 Å². The highest BCUT2D eigenvalue weighted by Crippen LogP contribution is 2.20. The average molecular weight is 341 g/mol. The molecule has 2 heterocycles. The van der Waals surface area contributed by atoms with Crippen molar-refractivity contribution in [1.82, 2.24) is 15.0 Å². The summed E-state index contributed by atoms with van der Waals surface area (Å²) in [6.07, 6.45) is 2.13. The number of carbonyl (C=O) groups is 1. The van der Waals surface area contributed by atoms with Crippen molar-refractivity contribution >= 4 is 5.91 Å². The third kappa shape index (κ3) is 4.28. The highest BCUT2D eigenvalue weighted by molar-refractivity contribution is 5.92. The van der Waals surface area contributed by atoms with E-state index in [-0.39, 0.29) is 17.9 Å². The standard InChI is InChI=1S/C20H27N3O2/c1-15(2)19-12-18(21-25-19)20(24)22(3)17-10-7-11-23(14-17)13-16-8-5-4-6-9-16/h4-6,8-9,12,15,17H,7,10-11,13-14H2,1-3H3. The Kier molecular flexibility index (Phi) is 5.53. The molecule has 0 saturated carbocycles. The third-order valence-corrected chi connectivity index (χ3v) is 4.91. The van der Waals surface area contributed by atoms with Crippen LogP contribution in [0.5, 0.6) is 0 Å². The van der Waals surface area contributed by atoms with E-state index in [1.54, 1.807) is 6.07 Å². The summed E-state index contributed by atoms with van der Waals surface area (Å²) in [6.45, 7) is 6.96. The van der Waals surface area contributed by atoms with Gasteiger partial charge < -0.3 is 9.42 Å². The molecule has 2 aromatic rings. The van der Waals surface area contributed by atoms with Gasteiger partial charge in [-0.05, 0) is 24.9 Å². The summed E-state index contributed by atoms with van der Waals surface area (Å²) in [5.74, 6) is 0.934. The van der Waals surface area contributed by atoms with Gasteiger partial charge in [-0.15, -0.1) is 0 Å². The van der Waals surface area contributed by atoms with Crippen molar-refractivity contribution in [3.63, 3.8) is 0 Å². The number of rotatable bonds is 5. The Labute approximate surface area is 149 Å². The van der Waals surface area contributed by atoms with E-state index in [0.717, 1.165) is 38.2 Å². The fourth-order valence-electron chi connectivity index (χ4n) is 3.34. The summed E-state index contributed by atoms with van der Waals surface area (Å²) in [5, 5.41) is 3.96. The van der Waals surface area contributed by atoms with Crippen LogP contribution in [0.15, 0.2) is 40.9 Å². The maximum Gasteiger partial charge on any atom is 0.276 e. The van der Waals surface area contributed by atoms with Crippen LogP contribution in [0.3, 0.4) is 0 Å². The van der Waals surface area contributed by atoms with Crippen molar-refractivity contribution in [2.24, 2.45) is 0 Å². The number of likely N-dealkylation sites (tertiary alicyclic amines) is 1. The van der Waals surface area contributed by atoms with Gasteiger partial charge >= 0.3 is 0 Å². The molecule has 5 nitrogen and oxygen atoms in total. The number of carbonyl (C=O) groups excluding carboxylic acids is 1. The first-order chi connectivity index (χ1) is 12.0. The smallest absolute Gasteiger partial charge is 0.276 e. The molecule has 1 atom stereocenters. The molecule has 0 bridgehead atoms. The molecule has 1 aromatic carbocycles. The Morgan fingerprint density at radius 1 is 1.36 bits per heavy atom. The summed E-state index contributed by atoms with van der Waals surface area (Å²) in [6, 6.07) is 12.5. The number of likely N-dealkylation sites (N-methyl/N-ethyl adjacent to an activating group) is 1. The minimum Gasteiger partial charge on any atom is -0.360 e. The van der Waals surface area contributed by atoms with Gasteiger partial charge in [0.05, 0.1) is 0 Å². The number of hydrogen-bond donors (Lipinski definition) is 0. The summed E-state index contributed by atoms with van der Waals surface area (Å²) in [4.78, 5) is 17.0. The van der Waals surface area contributed by atoms with Crippen LogP contribution in [0.25, 0.3) is 0 Å². The van der Waals surface area contributed by atoms with Crippen molar-refractivity contribution in [3.8, 4) is 0 Å². The molecule has 25 heavy (non-hydrogen) atoms. The fourth-order valence-corrected chi connectivity index (χ4v) is 3.34. The van der Waals surface area contributed by atoms with Gasteiger partial charge in [0.25, 0.3) is 5.91 Å². The SMILES string of the molecule is CC(C)c1cc(C(=O)N(C)C2CCCN(Cc3ccccc3)C2)no1. The van der Waals surface area contributed by atoms with Gasteiger partial charge in [-0.2, -0.15) is 0 Å². The van der Waals surface area contributed by atoms with Crippen LogP contribution in [0, 0.1) is 0 Å². The van der Waals surface area contributed by atoms with Gasteiger partial charge in [0.1, 0.15) is 5.76 Å². The molecular weight excluding hydrogens is 314 g/mol. The number of amides is 1. The summed E-state index contributed by atoms with van der Waals surface area (Å²) >= 11 is 0. The van der Waals surface area contributed by atoms with Crippen LogP contribution < -0.4 is 0 Å². The molecular formula is C20H27N3O2. The second kappa shape index (κ2) is 7.83. The Bertz CT molecular complexity index is 696. The van der Waals surface area contributed by atoms with Crippen LogP contribution in [0.1, 0.15) is 54.4 Å². The van der Waals surface area contributed by atoms with Gasteiger partial charge in [-0.25, -0.2) is 0 Å². The molecule has 0 N–H and O–H groups in total. The molecule has 5 heteroatoms. The van der Waals surface area contributed by atoms with E-state index >= 15 is 0 Å². The molecule has 0 spiro atoms. The largest absolute Gasteiger partial charge is 0.360 e. The summed E-state index contributed by atoms with van der Waals surface area (Å²) in [5.41, 5.74) is 1.72. The molecule has 1 aliphatic rings. The highest BCUT2D eigenvalue weighted by Gasteiger charge is 2.28. The molecule has 1 unspecified atom stereocenters. The number of piperidine rings is 1. The Balaban J connectivity index is 1.62. The molecule has 3 rings (SSSR count). The zero-order valence-electron chi connectivity index (χ0n) is 15.3. The van der Waals surface area contributed by atoms with Crippen LogP contribution in [-0.4, -0.2) is 47.0 Å². The lowest BCUT2D eigenvalue weighted by Crippen LogP contribution is -2.48. The quantitative estimate of drug-likeness (QED) is 0.835. The summed E-state index contributed by atoms with van der Waals surface area (Å²) in [7, 11) is 1.88. The molecule has 1 saturated heterocycles. The summed E-state index contributed by atoms with van der Waals surface area (Å²) < 4.78 is 5.28. The number of benzene rings is 1. The van der Waals surface area contributed by atoms with Crippen molar-refractivity contribution in [3.05, 3.63) is 53.4 Å². The van der Waals surface area contributed by atoms with Crippen molar-refractivity contribution in [2.45, 2.75) is 45.2 Å². The normalized spacial score (nSPS) is 18.5.